The van der Waals surface area contributed by atoms with Crippen molar-refractivity contribution in [3.63, 3.8) is 0 Å². The molecule has 0 radical (unpaired) electrons. The molecule has 1 aliphatic rings. The lowest BCUT2D eigenvalue weighted by atomic mass is 10.1. The Kier molecular flexibility index (Phi) is 8.47. The number of sulfonamides is 1. The number of carbonyl (C=O) groups excluding carboxylic acids is 2. The van der Waals surface area contributed by atoms with Gasteiger partial charge in [0.1, 0.15) is 4.90 Å². The lowest BCUT2D eigenvalue weighted by molar-refractivity contribution is -0.135. The van der Waals surface area contributed by atoms with E-state index < -0.39 is 22.6 Å². The maximum atomic E-state index is 12.7. The van der Waals surface area contributed by atoms with E-state index in [0.717, 1.165) is 24.5 Å². The molecule has 3 rings (SSSR count). The van der Waals surface area contributed by atoms with Gasteiger partial charge in [-0.15, -0.1) is 0 Å². The van der Waals surface area contributed by atoms with Crippen LogP contribution in [0.3, 0.4) is 0 Å². The Bertz CT molecular complexity index is 1090. The van der Waals surface area contributed by atoms with Crippen LogP contribution in [0.4, 0.5) is 0 Å². The standard InChI is InChI=1S/C23H27ClN2O6S/c1-16(17-7-4-3-5-8-17)26(2)22(27)15-32-23(28)18-10-11-20(24)21(13-18)33(29,30)25-14-19-9-6-12-31-19/h3-5,7-8,10-11,13,16,19,25H,6,9,12,14-15H2,1-2H3. The predicted octanol–water partition coefficient (Wildman–Crippen LogP) is 3.17. The molecule has 178 valence electrons. The van der Waals surface area contributed by atoms with E-state index in [1.165, 1.54) is 17.0 Å². The first-order chi connectivity index (χ1) is 15.7. The lowest BCUT2D eigenvalue weighted by Crippen LogP contribution is -2.33. The Hall–Kier alpha value is -2.46. The second-order valence-electron chi connectivity index (χ2n) is 7.80. The third kappa shape index (κ3) is 6.54. The van der Waals surface area contributed by atoms with E-state index in [1.807, 2.05) is 37.3 Å². The molecule has 0 saturated carbocycles. The number of nitrogens with zero attached hydrogens (tertiary/aromatic N) is 1. The summed E-state index contributed by atoms with van der Waals surface area (Å²) in [6, 6.07) is 13.1. The van der Waals surface area contributed by atoms with Gasteiger partial charge < -0.3 is 14.4 Å². The fourth-order valence-electron chi connectivity index (χ4n) is 3.41. The van der Waals surface area contributed by atoms with Crippen molar-refractivity contribution in [2.24, 2.45) is 0 Å². The molecule has 2 atom stereocenters. The molecule has 0 aliphatic carbocycles. The van der Waals surface area contributed by atoms with Gasteiger partial charge in [-0.2, -0.15) is 0 Å². The van der Waals surface area contributed by atoms with Crippen molar-refractivity contribution in [3.05, 3.63) is 64.7 Å². The lowest BCUT2D eigenvalue weighted by Gasteiger charge is -2.25. The van der Waals surface area contributed by atoms with Crippen LogP contribution in [-0.2, 0) is 24.3 Å². The van der Waals surface area contributed by atoms with Crippen molar-refractivity contribution in [2.45, 2.75) is 36.8 Å². The van der Waals surface area contributed by atoms with Crippen molar-refractivity contribution in [2.75, 3.05) is 26.8 Å². The van der Waals surface area contributed by atoms with Gasteiger partial charge in [0.25, 0.3) is 5.91 Å². The molecular weight excluding hydrogens is 468 g/mol. The first-order valence-corrected chi connectivity index (χ1v) is 12.4. The summed E-state index contributed by atoms with van der Waals surface area (Å²) in [5.74, 6) is -1.21. The largest absolute Gasteiger partial charge is 0.452 e. The second kappa shape index (κ2) is 11.1. The van der Waals surface area contributed by atoms with Crippen molar-refractivity contribution in [1.29, 1.82) is 0 Å². The van der Waals surface area contributed by atoms with Crippen LogP contribution in [0.25, 0.3) is 0 Å². The normalized spacial score (nSPS) is 16.9. The molecule has 1 fully saturated rings. The average molecular weight is 495 g/mol. The molecule has 0 spiro atoms. The Morgan fingerprint density at radius 3 is 2.64 bits per heavy atom. The molecule has 2 unspecified atom stereocenters. The SMILES string of the molecule is CC(c1ccccc1)N(C)C(=O)COC(=O)c1ccc(Cl)c(S(=O)(=O)NCC2CCCO2)c1. The summed E-state index contributed by atoms with van der Waals surface area (Å²) in [5, 5.41) is -0.0288. The van der Waals surface area contributed by atoms with Crippen LogP contribution in [0.5, 0.6) is 0 Å². The molecule has 2 aromatic carbocycles. The van der Waals surface area contributed by atoms with Crippen molar-refractivity contribution in [3.8, 4) is 0 Å². The van der Waals surface area contributed by atoms with E-state index in [9.17, 15) is 18.0 Å². The van der Waals surface area contributed by atoms with Gasteiger partial charge in [-0.3, -0.25) is 4.79 Å². The van der Waals surface area contributed by atoms with Gasteiger partial charge in [-0.1, -0.05) is 41.9 Å². The van der Waals surface area contributed by atoms with E-state index in [1.54, 1.807) is 7.05 Å². The molecular formula is C23H27ClN2O6S. The van der Waals surface area contributed by atoms with E-state index in [0.29, 0.717) is 6.61 Å². The second-order valence-corrected chi connectivity index (χ2v) is 9.94. The van der Waals surface area contributed by atoms with E-state index in [4.69, 9.17) is 21.1 Å². The molecule has 8 nitrogen and oxygen atoms in total. The van der Waals surface area contributed by atoms with Crippen LogP contribution in [0.1, 0.15) is 41.7 Å². The molecule has 0 aromatic heterocycles. The zero-order valence-electron chi connectivity index (χ0n) is 18.5. The molecule has 1 amide bonds. The third-order valence-electron chi connectivity index (χ3n) is 5.56. The highest BCUT2D eigenvalue weighted by molar-refractivity contribution is 7.89. The Balaban J connectivity index is 1.62. The molecule has 1 saturated heterocycles. The van der Waals surface area contributed by atoms with Gasteiger partial charge in [-0.05, 0) is 43.5 Å². The topological polar surface area (TPSA) is 102 Å². The van der Waals surface area contributed by atoms with Gasteiger partial charge in [0.05, 0.1) is 22.7 Å². The van der Waals surface area contributed by atoms with Crippen LogP contribution in [0.2, 0.25) is 5.02 Å². The van der Waals surface area contributed by atoms with Crippen molar-refractivity contribution in [1.82, 2.24) is 9.62 Å². The van der Waals surface area contributed by atoms with E-state index >= 15 is 0 Å². The van der Waals surface area contributed by atoms with Crippen molar-refractivity contribution >= 4 is 33.5 Å². The van der Waals surface area contributed by atoms with Gasteiger partial charge in [0.2, 0.25) is 10.0 Å². The number of ether oxygens (including phenoxy) is 2. The van der Waals surface area contributed by atoms with Gasteiger partial charge >= 0.3 is 5.97 Å². The van der Waals surface area contributed by atoms with Crippen LogP contribution < -0.4 is 4.72 Å². The molecule has 1 aliphatic heterocycles. The summed E-state index contributed by atoms with van der Waals surface area (Å²) in [6.07, 6.45) is 1.47. The summed E-state index contributed by atoms with van der Waals surface area (Å²) >= 11 is 6.08. The number of esters is 1. The minimum absolute atomic E-state index is 0.0246. The number of hydrogen-bond donors (Lipinski definition) is 1. The Labute approximate surface area is 198 Å². The highest BCUT2D eigenvalue weighted by atomic mass is 35.5. The van der Waals surface area contributed by atoms with Gasteiger partial charge in [0.15, 0.2) is 6.61 Å². The van der Waals surface area contributed by atoms with E-state index in [-0.39, 0.29) is 40.1 Å². The number of carbonyl (C=O) groups is 2. The zero-order chi connectivity index (χ0) is 24.0. The predicted molar refractivity (Wildman–Crippen MR) is 124 cm³/mol. The number of hydrogen-bond acceptors (Lipinski definition) is 6. The van der Waals surface area contributed by atoms with Crippen LogP contribution in [0.15, 0.2) is 53.4 Å². The summed E-state index contributed by atoms with van der Waals surface area (Å²) in [6.45, 7) is 2.11. The van der Waals surface area contributed by atoms with Gasteiger partial charge in [0, 0.05) is 20.2 Å². The Morgan fingerprint density at radius 2 is 1.97 bits per heavy atom. The van der Waals surface area contributed by atoms with E-state index in [2.05, 4.69) is 4.72 Å². The minimum atomic E-state index is -3.97. The highest BCUT2D eigenvalue weighted by Crippen LogP contribution is 2.24. The minimum Gasteiger partial charge on any atom is -0.452 e. The number of amides is 1. The molecule has 33 heavy (non-hydrogen) atoms. The summed E-state index contributed by atoms with van der Waals surface area (Å²) < 4.78 is 38.4. The number of nitrogens with one attached hydrogen (secondary N) is 1. The first kappa shape index (κ1) is 25.2. The summed E-state index contributed by atoms with van der Waals surface area (Å²) in [7, 11) is -2.34. The summed E-state index contributed by atoms with van der Waals surface area (Å²) in [4.78, 5) is 26.2. The number of rotatable bonds is 9. The smallest absolute Gasteiger partial charge is 0.338 e. The average Bonchev–Trinajstić information content (AvgIpc) is 3.34. The fraction of sp³-hybridized carbons (Fsp3) is 0.391. The Morgan fingerprint density at radius 1 is 1.24 bits per heavy atom. The van der Waals surface area contributed by atoms with Crippen LogP contribution in [-0.4, -0.2) is 58.1 Å². The first-order valence-electron chi connectivity index (χ1n) is 10.6. The maximum absolute atomic E-state index is 12.7. The number of halogens is 1. The summed E-state index contributed by atoms with van der Waals surface area (Å²) in [5.41, 5.74) is 0.922. The van der Waals surface area contributed by atoms with Crippen molar-refractivity contribution < 1.29 is 27.5 Å². The number of benzene rings is 2. The maximum Gasteiger partial charge on any atom is 0.338 e. The highest BCUT2D eigenvalue weighted by Gasteiger charge is 2.24. The van der Waals surface area contributed by atoms with Crippen LogP contribution >= 0.6 is 11.6 Å². The zero-order valence-corrected chi connectivity index (χ0v) is 20.1. The molecule has 2 aromatic rings. The quantitative estimate of drug-likeness (QED) is 0.537. The molecule has 1 N–H and O–H groups in total. The van der Waals surface area contributed by atoms with Crippen LogP contribution in [0, 0.1) is 0 Å². The monoisotopic (exact) mass is 494 g/mol. The molecule has 0 bridgehead atoms. The molecule has 1 heterocycles. The third-order valence-corrected chi connectivity index (χ3v) is 7.47. The molecule has 10 heteroatoms. The number of likely N-dealkylation sites (N-methyl/N-ethyl adjacent to an activating group) is 1. The van der Waals surface area contributed by atoms with Gasteiger partial charge in [-0.25, -0.2) is 17.9 Å². The fourth-order valence-corrected chi connectivity index (χ4v) is 5.00.